The van der Waals surface area contributed by atoms with Gasteiger partial charge in [-0.2, -0.15) is 4.98 Å². The van der Waals surface area contributed by atoms with Crippen LogP contribution in [0.2, 0.25) is 0 Å². The van der Waals surface area contributed by atoms with E-state index in [0.717, 1.165) is 4.48 Å². The Hall–Kier alpha value is -1.30. The van der Waals surface area contributed by atoms with Gasteiger partial charge in [0.05, 0.1) is 18.1 Å². The summed E-state index contributed by atoms with van der Waals surface area (Å²) in [6, 6.07) is 0.397. The number of rotatable bonds is 1. The Kier molecular flexibility index (Phi) is 2.28. The number of methoxy groups -OCH3 is 1. The molecule has 0 radical (unpaired) electrons. The second-order valence-electron chi connectivity index (χ2n) is 2.71. The summed E-state index contributed by atoms with van der Waals surface area (Å²) in [5.74, 6) is -0.466. The van der Waals surface area contributed by atoms with E-state index >= 15 is 0 Å². The Morgan fingerprint density at radius 1 is 1.79 bits per heavy atom. The van der Waals surface area contributed by atoms with E-state index in [1.54, 1.807) is 17.0 Å². The number of nitrogens with zero attached hydrogens (tertiary/aromatic N) is 2. The van der Waals surface area contributed by atoms with Gasteiger partial charge in [0, 0.05) is 6.20 Å². The molecule has 2 rings (SSSR count). The van der Waals surface area contributed by atoms with Crippen LogP contribution in [0.15, 0.2) is 16.9 Å². The molecule has 0 unspecified atom stereocenters. The van der Waals surface area contributed by atoms with Crippen LogP contribution in [0, 0.1) is 0 Å². The molecule has 6 heteroatoms. The molecule has 14 heavy (non-hydrogen) atoms. The molecule has 1 aromatic heterocycles. The molecule has 0 aliphatic carbocycles. The van der Waals surface area contributed by atoms with Crippen molar-refractivity contribution in [3.63, 3.8) is 0 Å². The number of imidazole rings is 1. The summed E-state index contributed by atoms with van der Waals surface area (Å²) in [7, 11) is 1.32. The van der Waals surface area contributed by atoms with E-state index in [-0.39, 0.29) is 5.69 Å². The first-order valence-electron chi connectivity index (χ1n) is 3.87. The predicted octanol–water partition coefficient (Wildman–Crippen LogP) is 1.30. The number of hydrogen-bond donors (Lipinski definition) is 0. The van der Waals surface area contributed by atoms with Crippen molar-refractivity contribution < 1.29 is 14.3 Å². The fraction of sp³-hybridized carbons (Fsp3) is 0.250. The van der Waals surface area contributed by atoms with E-state index in [2.05, 4.69) is 25.7 Å². The van der Waals surface area contributed by atoms with Crippen molar-refractivity contribution in [3.8, 4) is 6.01 Å². The fourth-order valence-corrected chi connectivity index (χ4v) is 1.49. The number of fused-ring (bicyclic) bond motifs is 1. The van der Waals surface area contributed by atoms with E-state index in [1.165, 1.54) is 7.11 Å². The standard InChI is InChI=1S/C8H7BrN2O3/c1-13-7(12)6-3-11-2-5(9)4-14-8(11)10-6/h3-4H,2H2,1H3. The smallest absolute Gasteiger partial charge is 0.358 e. The van der Waals surface area contributed by atoms with E-state index < -0.39 is 5.97 Å². The van der Waals surface area contributed by atoms with Gasteiger partial charge in [0.2, 0.25) is 0 Å². The highest BCUT2D eigenvalue weighted by Gasteiger charge is 2.18. The van der Waals surface area contributed by atoms with Crippen LogP contribution in [0.5, 0.6) is 6.01 Å². The molecule has 1 aliphatic rings. The monoisotopic (exact) mass is 258 g/mol. The average molecular weight is 259 g/mol. The van der Waals surface area contributed by atoms with Crippen LogP contribution in [0.4, 0.5) is 0 Å². The van der Waals surface area contributed by atoms with Gasteiger partial charge in [-0.05, 0) is 0 Å². The van der Waals surface area contributed by atoms with Crippen molar-refractivity contribution in [3.05, 3.63) is 22.6 Å². The Bertz CT molecular complexity index is 411. The Labute approximate surface area is 88.5 Å². The Morgan fingerprint density at radius 2 is 2.57 bits per heavy atom. The first kappa shape index (κ1) is 9.26. The molecule has 0 atom stereocenters. The summed E-state index contributed by atoms with van der Waals surface area (Å²) in [5, 5.41) is 0. The normalized spacial score (nSPS) is 14.0. The van der Waals surface area contributed by atoms with E-state index in [0.29, 0.717) is 12.6 Å². The van der Waals surface area contributed by atoms with Crippen molar-refractivity contribution in [2.75, 3.05) is 7.11 Å². The number of allylic oxidation sites excluding steroid dienone is 1. The molecule has 0 amide bonds. The topological polar surface area (TPSA) is 53.4 Å². The van der Waals surface area contributed by atoms with Gasteiger partial charge in [-0.15, -0.1) is 0 Å². The lowest BCUT2D eigenvalue weighted by Crippen LogP contribution is -2.05. The van der Waals surface area contributed by atoms with Crippen LogP contribution in [0.3, 0.4) is 0 Å². The van der Waals surface area contributed by atoms with Crippen LogP contribution < -0.4 is 4.74 Å². The molecule has 0 fully saturated rings. The summed E-state index contributed by atoms with van der Waals surface area (Å²) < 4.78 is 12.3. The fourth-order valence-electron chi connectivity index (χ4n) is 1.13. The molecule has 74 valence electrons. The Balaban J connectivity index is 2.30. The van der Waals surface area contributed by atoms with Crippen LogP contribution in [0.1, 0.15) is 10.5 Å². The summed E-state index contributed by atoms with van der Waals surface area (Å²) in [6.45, 7) is 0.610. The number of aromatic nitrogens is 2. The first-order valence-corrected chi connectivity index (χ1v) is 4.66. The zero-order valence-corrected chi connectivity index (χ0v) is 8.94. The summed E-state index contributed by atoms with van der Waals surface area (Å²) in [4.78, 5) is 15.1. The average Bonchev–Trinajstić information content (AvgIpc) is 2.59. The molecule has 0 aromatic carbocycles. The van der Waals surface area contributed by atoms with Gasteiger partial charge in [-0.1, -0.05) is 15.9 Å². The lowest BCUT2D eigenvalue weighted by atomic mass is 10.5. The molecule has 0 spiro atoms. The molecule has 0 saturated carbocycles. The largest absolute Gasteiger partial charge is 0.464 e. The SMILES string of the molecule is COC(=O)c1cn2c(n1)OC=C(Br)C2. The van der Waals surface area contributed by atoms with Gasteiger partial charge >= 0.3 is 12.0 Å². The lowest BCUT2D eigenvalue weighted by molar-refractivity contribution is 0.0594. The van der Waals surface area contributed by atoms with Crippen molar-refractivity contribution in [2.24, 2.45) is 0 Å². The van der Waals surface area contributed by atoms with Crippen molar-refractivity contribution in [2.45, 2.75) is 6.54 Å². The van der Waals surface area contributed by atoms with Crippen LogP contribution in [-0.4, -0.2) is 22.6 Å². The Morgan fingerprint density at radius 3 is 3.29 bits per heavy atom. The van der Waals surface area contributed by atoms with Gasteiger partial charge < -0.3 is 9.47 Å². The number of carbonyl (C=O) groups is 1. The number of esters is 1. The summed E-state index contributed by atoms with van der Waals surface area (Å²) in [5.41, 5.74) is 0.248. The minimum absolute atomic E-state index is 0.248. The molecule has 2 heterocycles. The van der Waals surface area contributed by atoms with E-state index in [9.17, 15) is 4.79 Å². The third kappa shape index (κ3) is 1.52. The predicted molar refractivity (Wildman–Crippen MR) is 51.2 cm³/mol. The molecule has 0 bridgehead atoms. The second kappa shape index (κ2) is 3.45. The van der Waals surface area contributed by atoms with Gasteiger partial charge in [0.1, 0.15) is 6.26 Å². The minimum atomic E-state index is -0.466. The molecule has 1 aromatic rings. The van der Waals surface area contributed by atoms with Crippen LogP contribution in [-0.2, 0) is 11.3 Å². The van der Waals surface area contributed by atoms with Crippen molar-refractivity contribution in [1.29, 1.82) is 0 Å². The minimum Gasteiger partial charge on any atom is -0.464 e. The second-order valence-corrected chi connectivity index (χ2v) is 3.73. The number of halogens is 1. The summed E-state index contributed by atoms with van der Waals surface area (Å²) in [6.07, 6.45) is 3.14. The quantitative estimate of drug-likeness (QED) is 0.713. The number of carbonyl (C=O) groups excluding carboxylic acids is 1. The van der Waals surface area contributed by atoms with Gasteiger partial charge in [0.25, 0.3) is 0 Å². The molecular weight excluding hydrogens is 252 g/mol. The third-order valence-electron chi connectivity index (χ3n) is 1.75. The van der Waals surface area contributed by atoms with Crippen molar-refractivity contribution >= 4 is 21.9 Å². The number of hydrogen-bond acceptors (Lipinski definition) is 4. The molecule has 0 N–H and O–H groups in total. The van der Waals surface area contributed by atoms with Crippen LogP contribution >= 0.6 is 15.9 Å². The molecule has 5 nitrogen and oxygen atoms in total. The highest BCUT2D eigenvalue weighted by Crippen LogP contribution is 2.22. The molecule has 0 saturated heterocycles. The molecular formula is C8H7BrN2O3. The zero-order chi connectivity index (χ0) is 10.1. The number of ether oxygens (including phenoxy) is 2. The van der Waals surface area contributed by atoms with Crippen molar-refractivity contribution in [1.82, 2.24) is 9.55 Å². The lowest BCUT2D eigenvalue weighted by Gasteiger charge is -2.10. The van der Waals surface area contributed by atoms with Gasteiger partial charge in [0.15, 0.2) is 5.69 Å². The van der Waals surface area contributed by atoms with E-state index in [1.807, 2.05) is 0 Å². The highest BCUT2D eigenvalue weighted by atomic mass is 79.9. The maximum absolute atomic E-state index is 11.1. The summed E-state index contributed by atoms with van der Waals surface area (Å²) >= 11 is 3.29. The third-order valence-corrected chi connectivity index (χ3v) is 2.19. The van der Waals surface area contributed by atoms with Gasteiger partial charge in [-0.25, -0.2) is 4.79 Å². The first-order chi connectivity index (χ1) is 6.70. The van der Waals surface area contributed by atoms with Crippen LogP contribution in [0.25, 0.3) is 0 Å². The maximum atomic E-state index is 11.1. The zero-order valence-electron chi connectivity index (χ0n) is 7.36. The van der Waals surface area contributed by atoms with Gasteiger partial charge in [-0.3, -0.25) is 4.57 Å². The highest BCUT2D eigenvalue weighted by molar-refractivity contribution is 9.11. The van der Waals surface area contributed by atoms with E-state index in [4.69, 9.17) is 4.74 Å². The molecule has 1 aliphatic heterocycles. The maximum Gasteiger partial charge on any atom is 0.358 e.